The van der Waals surface area contributed by atoms with Crippen LogP contribution in [0.15, 0.2) is 0 Å². The minimum Gasteiger partial charge on any atom is -0.479 e. The third-order valence-electron chi connectivity index (χ3n) is 25.2. The smallest absolute Gasteiger partial charge is 0.364 e. The first-order chi connectivity index (χ1) is 64.5. The van der Waals surface area contributed by atoms with E-state index in [1.54, 1.807) is 0 Å². The molecule has 798 valence electrons. The van der Waals surface area contributed by atoms with Crippen molar-refractivity contribution in [2.45, 2.75) is 374 Å². The molecule has 11 aliphatic rings. The Hall–Kier alpha value is -3.46. The van der Waals surface area contributed by atoms with Gasteiger partial charge in [0.25, 0.3) is 5.79 Å². The lowest BCUT2D eigenvalue weighted by Crippen LogP contribution is -2.71. The fraction of sp³-hybridized carbons (Fsp3) is 0.973. The van der Waals surface area contributed by atoms with Crippen LogP contribution in [-0.2, 0) is 109 Å². The molecule has 0 spiro atoms. The summed E-state index contributed by atoms with van der Waals surface area (Å²) in [6, 6.07) is -2.28. The lowest BCUT2D eigenvalue weighted by molar-refractivity contribution is -0.419. The third-order valence-corrected chi connectivity index (χ3v) is 25.2. The molecular weight excluding hydrogens is 1900 g/mol. The average molecular weight is 2020 g/mol. The second-order valence-corrected chi connectivity index (χ2v) is 34.4. The Labute approximate surface area is 769 Å². The molecular formula is C73H123NO63. The van der Waals surface area contributed by atoms with E-state index >= 15 is 0 Å². The van der Waals surface area contributed by atoms with Crippen molar-refractivity contribution in [1.29, 1.82) is 0 Å². The minimum atomic E-state index is -3.43. The van der Waals surface area contributed by atoms with Gasteiger partial charge in [0.1, 0.15) is 281 Å². The number of carboxylic acid groups (broad SMARTS) is 2. The summed E-state index contributed by atoms with van der Waals surface area (Å²) in [6.45, 7) is -12.9. The Bertz CT molecular complexity index is 3680. The molecule has 0 aromatic rings. The lowest BCUT2D eigenvalue weighted by atomic mass is 9.91. The van der Waals surface area contributed by atoms with Crippen LogP contribution in [0.3, 0.4) is 0 Å². The molecule has 64 heteroatoms. The van der Waals surface area contributed by atoms with Crippen LogP contribution in [0.4, 0.5) is 0 Å². The maximum atomic E-state index is 14.1. The van der Waals surface area contributed by atoms with Crippen LogP contribution in [0.1, 0.15) is 6.42 Å². The number of nitrogens with two attached hydrogens (primary N) is 1. The van der Waals surface area contributed by atoms with Crippen molar-refractivity contribution >= 4 is 11.9 Å². The van der Waals surface area contributed by atoms with Gasteiger partial charge in [0.05, 0.1) is 78.2 Å². The predicted molar refractivity (Wildman–Crippen MR) is 406 cm³/mol. The van der Waals surface area contributed by atoms with E-state index in [1.165, 1.54) is 0 Å². The van der Waals surface area contributed by atoms with Crippen LogP contribution >= 0.6 is 0 Å². The first kappa shape index (κ1) is 114. The summed E-state index contributed by atoms with van der Waals surface area (Å²) in [5, 5.41) is 445. The lowest BCUT2D eigenvalue weighted by Gasteiger charge is -2.52. The maximum Gasteiger partial charge on any atom is 0.364 e. The standard InChI is InChI=1S/C73H123NO63/c74-23-27(93)53(129-66-40(106)30(96)26(92)22(122-66)11-118-63-37(103)28(94)24(90)19(7-80)119-63)21(9-82)121-62(23)131-55-43(109)58(134-70-57(36(102)35(101)48(126-70)15(86)4-77)133-67-41(107)32(98)34(100)47(124-67)14(85)3-76)71(136-60(55)61(112)113)130-54-42(108)49(18(89)10-117-64-38(104)31(97)33(99)46(123-64)13(84)2-75)125-68(44(54)110)132-56-45(111)69(127-50-12(83)1-73(116,72(114)115)137-52(50)17(88)6-79)128-51(16(87)5-78)59(56)135-65-39(105)29(95)25(91)20(8-81)120-65/h12-60,62-71,75-111,116H,1-11,74H2,(H,112,113)(H,114,115)/t12-,13+,14+,15-,16+,17-,18+,19-,20-,21-,22-,23-,24-,25-,26-,27-,28+,29+,30+,31+,32+,33+,34+,35+,36+,37-,38+,39-,40-,41+,42-,43+,44+,45+,46-,47-,48-,49-,50-,51-,52-,53-,54+,55-,56-,57+,58-,59-,60+,62-,63-,64+,65+,66-,67-,68-,69+,70-,71+,73-/m1/s1. The second kappa shape index (κ2) is 48.5. The highest BCUT2D eigenvalue weighted by atomic mass is 16.8. The van der Waals surface area contributed by atoms with Crippen LogP contribution in [0, 0.1) is 0 Å². The van der Waals surface area contributed by atoms with Crippen molar-refractivity contribution in [2.75, 3.05) is 66.1 Å². The van der Waals surface area contributed by atoms with Crippen molar-refractivity contribution < 1.29 is 313 Å². The van der Waals surface area contributed by atoms with Gasteiger partial charge in [0, 0.05) is 6.42 Å². The van der Waals surface area contributed by atoms with E-state index in [0.29, 0.717) is 0 Å². The van der Waals surface area contributed by atoms with E-state index < -0.39 is 452 Å². The van der Waals surface area contributed by atoms with Gasteiger partial charge in [-0.1, -0.05) is 0 Å². The van der Waals surface area contributed by atoms with Gasteiger partial charge in [-0.15, -0.1) is 0 Å². The van der Waals surface area contributed by atoms with Gasteiger partial charge < -0.3 is 309 Å². The van der Waals surface area contributed by atoms with E-state index in [0.717, 1.165) is 0 Å². The number of aliphatic hydroxyl groups is 38. The van der Waals surface area contributed by atoms with Gasteiger partial charge in [-0.05, 0) is 0 Å². The van der Waals surface area contributed by atoms with Gasteiger partial charge in [0.15, 0.2) is 69.0 Å². The number of hydrogen-bond donors (Lipinski definition) is 41. The molecule has 11 saturated heterocycles. The van der Waals surface area contributed by atoms with Crippen LogP contribution in [0.2, 0.25) is 0 Å². The molecule has 11 heterocycles. The first-order valence-electron chi connectivity index (χ1n) is 42.8. The van der Waals surface area contributed by atoms with E-state index in [4.69, 9.17) is 105 Å². The number of aliphatic carboxylic acids is 2. The van der Waals surface area contributed by atoms with E-state index in [9.17, 15) is 214 Å². The highest BCUT2D eigenvalue weighted by Gasteiger charge is 2.65. The molecule has 11 fully saturated rings. The predicted octanol–water partition coefficient (Wildman–Crippen LogP) is -28.3. The van der Waals surface area contributed by atoms with Gasteiger partial charge in [-0.3, -0.25) is 0 Å². The number of rotatable bonds is 38. The summed E-state index contributed by atoms with van der Waals surface area (Å²) in [5.74, 6) is -8.00. The van der Waals surface area contributed by atoms with E-state index in [1.807, 2.05) is 0 Å². The quantitative estimate of drug-likeness (QED) is 0.0273. The minimum absolute atomic E-state index is 0.936. The molecule has 11 aliphatic heterocycles. The summed E-state index contributed by atoms with van der Waals surface area (Å²) in [4.78, 5) is 26.4. The van der Waals surface area contributed by atoms with Crippen molar-refractivity contribution in [1.82, 2.24) is 0 Å². The molecule has 0 aliphatic carbocycles. The zero-order chi connectivity index (χ0) is 101. The number of aliphatic hydroxyl groups excluding tert-OH is 37. The number of ether oxygens (including phenoxy) is 21. The van der Waals surface area contributed by atoms with Gasteiger partial charge in [-0.2, -0.15) is 0 Å². The first-order valence-corrected chi connectivity index (χ1v) is 42.8. The molecule has 42 N–H and O–H groups in total. The van der Waals surface area contributed by atoms with Gasteiger partial charge in [0.2, 0.25) is 0 Å². The number of carboxylic acids is 2. The SMILES string of the molecule is N[C@H]1[C@@H](O[C@@H]2[C@H](O)[C@@H](O[C@H]3O[C@H]([C@H](O)CO)[C@@H](O)[C@H](O)[C@@H]3O[C@H]3O[C@H]([C@@H](O)CO)[C@@H](O)[C@H](O)[C@@H]3O)[C@@H](O[C@@H]3[C@H](O)[C@@H](O[C@@H]4[C@H](O)[C@@H](O[C@H]5[C@@H]([C@H](O)CO)O[C@@](O)(C(=O)O)C[C@H]5O)O[C@H]([C@@H](O)CO)[C@H]4O[C@@H]4O[C@H](CO)[C@@H](O)[C@H](O)[C@H]4O)O[C@H]([C@@H](O)CO[C@H]4O[C@H]([C@@H](O)CO)[C@@H](O)[C@H](O)[C@@H]4O)[C@H]3O)O[C@@H]2C(=O)O)O[C@H](CO)[C@@H](O[C@H]2O[C@H](CO[C@@H]3O[C@H](CO)[C@@H](O)[C@H](O)[C@H]3O)[C@@H](O)[C@H](O)[C@H]2O)[C@@H]1O. The highest BCUT2D eigenvalue weighted by molar-refractivity contribution is 5.75. The van der Waals surface area contributed by atoms with Gasteiger partial charge >= 0.3 is 11.9 Å². The summed E-state index contributed by atoms with van der Waals surface area (Å²) in [7, 11) is 0. The van der Waals surface area contributed by atoms with E-state index in [2.05, 4.69) is 0 Å². The van der Waals surface area contributed by atoms with Crippen molar-refractivity contribution in [3.05, 3.63) is 0 Å². The summed E-state index contributed by atoms with van der Waals surface area (Å²) < 4.78 is 122. The monoisotopic (exact) mass is 2020 g/mol. The molecule has 11 rings (SSSR count). The molecule has 0 bridgehead atoms. The molecule has 0 saturated carbocycles. The van der Waals surface area contributed by atoms with Gasteiger partial charge in [-0.25, -0.2) is 9.59 Å². The fourth-order valence-electron chi connectivity index (χ4n) is 17.3. The Balaban J connectivity index is 1.00. The second-order valence-electron chi connectivity index (χ2n) is 34.4. The largest absolute Gasteiger partial charge is 0.479 e. The molecule has 0 aromatic carbocycles. The Morgan fingerprint density at radius 2 is 0.620 bits per heavy atom. The Morgan fingerprint density at radius 1 is 0.285 bits per heavy atom. The third kappa shape index (κ3) is 24.0. The van der Waals surface area contributed by atoms with E-state index in [-0.39, 0.29) is 0 Å². The molecule has 60 atom stereocenters. The zero-order valence-electron chi connectivity index (χ0n) is 71.2. The van der Waals surface area contributed by atoms with Crippen LogP contribution in [0.25, 0.3) is 0 Å². The molecule has 137 heavy (non-hydrogen) atoms. The van der Waals surface area contributed by atoms with Crippen molar-refractivity contribution in [3.8, 4) is 0 Å². The zero-order valence-corrected chi connectivity index (χ0v) is 71.2. The fourth-order valence-corrected chi connectivity index (χ4v) is 17.3. The molecule has 0 radical (unpaired) electrons. The molecule has 0 amide bonds. The van der Waals surface area contributed by atoms with Crippen molar-refractivity contribution in [3.63, 3.8) is 0 Å². The van der Waals surface area contributed by atoms with Crippen LogP contribution in [-0.4, -0.2) is 650 Å². The normalized spacial score (nSPS) is 50.6. The molecule has 0 unspecified atom stereocenters. The summed E-state index contributed by atoms with van der Waals surface area (Å²) in [6.07, 6.45) is -145. The maximum absolute atomic E-state index is 14.1. The van der Waals surface area contributed by atoms with Crippen LogP contribution < -0.4 is 5.73 Å². The number of hydrogen-bond acceptors (Lipinski definition) is 62. The summed E-state index contributed by atoms with van der Waals surface area (Å²) >= 11 is 0. The average Bonchev–Trinajstić information content (AvgIpc) is 0.776. The highest BCUT2D eigenvalue weighted by Crippen LogP contribution is 2.44. The molecule has 64 nitrogen and oxygen atoms in total. The summed E-state index contributed by atoms with van der Waals surface area (Å²) in [5.41, 5.74) is 6.53. The molecule has 0 aromatic heterocycles. The Kier molecular flexibility index (Phi) is 40.3. The van der Waals surface area contributed by atoms with Crippen molar-refractivity contribution in [2.24, 2.45) is 5.73 Å². The Morgan fingerprint density at radius 3 is 1.12 bits per heavy atom. The van der Waals surface area contributed by atoms with Crippen LogP contribution in [0.5, 0.6) is 0 Å². The number of carbonyl (C=O) groups is 2. The topological polar surface area (TPSA) is 1060 Å².